The standard InChI is InChI=1S/C22H24F2N4O2/c1-2-30-22(29)27-11-9-18(10-12-27)25-21-26-19-13-17(24)7-8-20(19)28(21)14-15-3-5-16(23)6-4-15/h3-8,13,18H,2,9-12,14H2,1H3,(H,25,26). The van der Waals surface area contributed by atoms with Gasteiger partial charge in [0.15, 0.2) is 0 Å². The number of carbonyl (C=O) groups is 1. The third-order valence-electron chi connectivity index (χ3n) is 5.32. The Balaban J connectivity index is 1.54. The Labute approximate surface area is 173 Å². The summed E-state index contributed by atoms with van der Waals surface area (Å²) in [5, 5.41) is 3.46. The summed E-state index contributed by atoms with van der Waals surface area (Å²) < 4.78 is 34.0. The van der Waals surface area contributed by atoms with E-state index in [0.717, 1.165) is 23.9 Å². The molecule has 1 N–H and O–H groups in total. The van der Waals surface area contributed by atoms with Crippen LogP contribution in [0.25, 0.3) is 11.0 Å². The molecule has 30 heavy (non-hydrogen) atoms. The van der Waals surface area contributed by atoms with E-state index in [4.69, 9.17) is 4.74 Å². The number of halogens is 2. The SMILES string of the molecule is CCOC(=O)N1CCC(Nc2nc3cc(F)ccc3n2Cc2ccc(F)cc2)CC1. The van der Waals surface area contributed by atoms with Crippen LogP contribution in [-0.2, 0) is 11.3 Å². The van der Waals surface area contributed by atoms with E-state index in [0.29, 0.717) is 37.7 Å². The number of rotatable bonds is 5. The molecule has 1 aromatic heterocycles. The number of anilines is 1. The lowest BCUT2D eigenvalue weighted by atomic mass is 10.1. The minimum Gasteiger partial charge on any atom is -0.450 e. The number of hydrogen-bond donors (Lipinski definition) is 1. The summed E-state index contributed by atoms with van der Waals surface area (Å²) in [6, 6.07) is 11.0. The van der Waals surface area contributed by atoms with Crippen molar-refractivity contribution in [2.24, 2.45) is 0 Å². The van der Waals surface area contributed by atoms with Crippen LogP contribution in [0.3, 0.4) is 0 Å². The van der Waals surface area contributed by atoms with Gasteiger partial charge in [0.25, 0.3) is 0 Å². The Morgan fingerprint density at radius 3 is 2.53 bits per heavy atom. The van der Waals surface area contributed by atoms with Gasteiger partial charge >= 0.3 is 6.09 Å². The summed E-state index contributed by atoms with van der Waals surface area (Å²) in [7, 11) is 0. The van der Waals surface area contributed by atoms with E-state index in [1.165, 1.54) is 24.3 Å². The average Bonchev–Trinajstić information content (AvgIpc) is 3.06. The Kier molecular flexibility index (Phi) is 5.83. The second-order valence-electron chi connectivity index (χ2n) is 7.39. The number of carbonyl (C=O) groups excluding carboxylic acids is 1. The fourth-order valence-electron chi connectivity index (χ4n) is 3.75. The first-order valence-corrected chi connectivity index (χ1v) is 10.1. The zero-order valence-electron chi connectivity index (χ0n) is 16.8. The van der Waals surface area contributed by atoms with Crippen LogP contribution in [0.15, 0.2) is 42.5 Å². The van der Waals surface area contributed by atoms with Crippen LogP contribution in [0.2, 0.25) is 0 Å². The molecule has 8 heteroatoms. The van der Waals surface area contributed by atoms with Gasteiger partial charge in [0.1, 0.15) is 11.6 Å². The molecule has 4 rings (SSSR count). The lowest BCUT2D eigenvalue weighted by molar-refractivity contribution is 0.0983. The molecule has 2 aromatic carbocycles. The third-order valence-corrected chi connectivity index (χ3v) is 5.32. The molecule has 1 fully saturated rings. The number of amides is 1. The van der Waals surface area contributed by atoms with Crippen LogP contribution in [0, 0.1) is 11.6 Å². The molecule has 1 saturated heterocycles. The normalized spacial score (nSPS) is 14.8. The zero-order valence-corrected chi connectivity index (χ0v) is 16.8. The maximum absolute atomic E-state index is 13.7. The monoisotopic (exact) mass is 414 g/mol. The zero-order chi connectivity index (χ0) is 21.1. The Hall–Kier alpha value is -3.16. The first-order chi connectivity index (χ1) is 14.5. The average molecular weight is 414 g/mol. The highest BCUT2D eigenvalue weighted by molar-refractivity contribution is 5.79. The second-order valence-corrected chi connectivity index (χ2v) is 7.39. The molecule has 0 unspecified atom stereocenters. The van der Waals surface area contributed by atoms with Crippen molar-refractivity contribution in [2.45, 2.75) is 32.4 Å². The van der Waals surface area contributed by atoms with E-state index in [9.17, 15) is 13.6 Å². The molecule has 0 atom stereocenters. The molecule has 6 nitrogen and oxygen atoms in total. The highest BCUT2D eigenvalue weighted by Gasteiger charge is 2.25. The van der Waals surface area contributed by atoms with E-state index in [1.54, 1.807) is 30.0 Å². The Morgan fingerprint density at radius 1 is 1.13 bits per heavy atom. The largest absolute Gasteiger partial charge is 0.450 e. The van der Waals surface area contributed by atoms with Gasteiger partial charge in [-0.25, -0.2) is 18.6 Å². The molecule has 3 aromatic rings. The minimum absolute atomic E-state index is 0.129. The summed E-state index contributed by atoms with van der Waals surface area (Å²) in [5.41, 5.74) is 2.27. The maximum Gasteiger partial charge on any atom is 0.409 e. The third kappa shape index (κ3) is 4.37. The summed E-state index contributed by atoms with van der Waals surface area (Å²) >= 11 is 0. The van der Waals surface area contributed by atoms with Crippen LogP contribution in [0.1, 0.15) is 25.3 Å². The molecular weight excluding hydrogens is 390 g/mol. The van der Waals surface area contributed by atoms with Gasteiger partial charge in [0.05, 0.1) is 24.2 Å². The lowest BCUT2D eigenvalue weighted by Gasteiger charge is -2.32. The van der Waals surface area contributed by atoms with Gasteiger partial charge in [-0.1, -0.05) is 12.1 Å². The number of benzene rings is 2. The van der Waals surface area contributed by atoms with Crippen molar-refractivity contribution in [3.05, 3.63) is 59.7 Å². The number of imidazole rings is 1. The first-order valence-electron chi connectivity index (χ1n) is 10.1. The minimum atomic E-state index is -0.344. The highest BCUT2D eigenvalue weighted by Crippen LogP contribution is 2.25. The van der Waals surface area contributed by atoms with Gasteiger partial charge in [-0.3, -0.25) is 0 Å². The molecule has 158 valence electrons. The fourth-order valence-corrected chi connectivity index (χ4v) is 3.75. The predicted octanol–water partition coefficient (Wildman–Crippen LogP) is 4.40. The molecule has 1 amide bonds. The Morgan fingerprint density at radius 2 is 1.83 bits per heavy atom. The predicted molar refractivity (Wildman–Crippen MR) is 110 cm³/mol. The number of piperidine rings is 1. The van der Waals surface area contributed by atoms with Gasteiger partial charge < -0.3 is 19.5 Å². The topological polar surface area (TPSA) is 59.4 Å². The molecule has 0 aliphatic carbocycles. The number of aromatic nitrogens is 2. The van der Waals surface area contributed by atoms with Crippen molar-refractivity contribution >= 4 is 23.1 Å². The van der Waals surface area contributed by atoms with E-state index >= 15 is 0 Å². The quantitative estimate of drug-likeness (QED) is 0.673. The van der Waals surface area contributed by atoms with E-state index in [-0.39, 0.29) is 23.8 Å². The van der Waals surface area contributed by atoms with E-state index in [2.05, 4.69) is 10.3 Å². The van der Waals surface area contributed by atoms with Crippen LogP contribution in [-0.4, -0.2) is 46.3 Å². The van der Waals surface area contributed by atoms with Gasteiger partial charge in [-0.2, -0.15) is 0 Å². The molecule has 0 bridgehead atoms. The number of nitrogens with zero attached hydrogens (tertiary/aromatic N) is 3. The molecule has 0 spiro atoms. The van der Waals surface area contributed by atoms with Crippen molar-refractivity contribution < 1.29 is 18.3 Å². The lowest BCUT2D eigenvalue weighted by Crippen LogP contribution is -2.42. The number of fused-ring (bicyclic) bond motifs is 1. The first kappa shape index (κ1) is 20.1. The van der Waals surface area contributed by atoms with Crippen LogP contribution >= 0.6 is 0 Å². The molecule has 0 saturated carbocycles. The summed E-state index contributed by atoms with van der Waals surface area (Å²) in [5.74, 6) is 0.000699. The number of hydrogen-bond acceptors (Lipinski definition) is 4. The van der Waals surface area contributed by atoms with Crippen molar-refractivity contribution in [3.8, 4) is 0 Å². The number of ether oxygens (including phenoxy) is 1. The van der Waals surface area contributed by atoms with Crippen molar-refractivity contribution in [1.82, 2.24) is 14.5 Å². The summed E-state index contributed by atoms with van der Waals surface area (Å²) in [4.78, 5) is 18.2. The maximum atomic E-state index is 13.7. The molecular formula is C22H24F2N4O2. The molecule has 1 aliphatic heterocycles. The molecule has 0 radical (unpaired) electrons. The molecule has 1 aliphatic rings. The van der Waals surface area contributed by atoms with Gasteiger partial charge in [-0.15, -0.1) is 0 Å². The fraction of sp³-hybridized carbons (Fsp3) is 0.364. The molecule has 2 heterocycles. The van der Waals surface area contributed by atoms with E-state index < -0.39 is 0 Å². The van der Waals surface area contributed by atoms with Crippen molar-refractivity contribution in [3.63, 3.8) is 0 Å². The summed E-state index contributed by atoms with van der Waals surface area (Å²) in [6.07, 6.45) is 1.23. The van der Waals surface area contributed by atoms with Crippen LogP contribution in [0.4, 0.5) is 19.5 Å². The smallest absolute Gasteiger partial charge is 0.409 e. The van der Waals surface area contributed by atoms with E-state index in [1.807, 2.05) is 4.57 Å². The van der Waals surface area contributed by atoms with Gasteiger partial charge in [0, 0.05) is 25.2 Å². The number of likely N-dealkylation sites (tertiary alicyclic amines) is 1. The van der Waals surface area contributed by atoms with Gasteiger partial charge in [0.2, 0.25) is 5.95 Å². The second kappa shape index (κ2) is 8.69. The van der Waals surface area contributed by atoms with Gasteiger partial charge in [-0.05, 0) is 49.6 Å². The van der Waals surface area contributed by atoms with Crippen molar-refractivity contribution in [2.75, 3.05) is 25.0 Å². The van der Waals surface area contributed by atoms with Crippen molar-refractivity contribution in [1.29, 1.82) is 0 Å². The highest BCUT2D eigenvalue weighted by atomic mass is 19.1. The van der Waals surface area contributed by atoms with Crippen LogP contribution in [0.5, 0.6) is 0 Å². The van der Waals surface area contributed by atoms with Crippen LogP contribution < -0.4 is 5.32 Å². The number of nitrogens with one attached hydrogen (secondary N) is 1. The Bertz CT molecular complexity index is 1030. The summed E-state index contributed by atoms with van der Waals surface area (Å²) in [6.45, 7) is 3.83.